The molecule has 3 aliphatic rings. The molecule has 0 aliphatic carbocycles. The predicted molar refractivity (Wildman–Crippen MR) is 269 cm³/mol. The number of nitrogens with two attached hydrogens (primary N) is 1. The molecule has 0 saturated carbocycles. The van der Waals surface area contributed by atoms with Gasteiger partial charge >= 0.3 is 5.97 Å². The van der Waals surface area contributed by atoms with Gasteiger partial charge in [0.25, 0.3) is 5.56 Å². The maximum Gasteiger partial charge on any atom is 0.343 e. The number of amides is 4. The second kappa shape index (κ2) is 23.0. The maximum atomic E-state index is 13.9. The number of cyclic esters (lactones) is 1. The normalized spacial score (nSPS) is 16.2. The zero-order valence-electron chi connectivity index (χ0n) is 42.3. The summed E-state index contributed by atoms with van der Waals surface area (Å²) in [5.74, 6) is -1.95. The highest BCUT2D eigenvalue weighted by Crippen LogP contribution is 2.43. The number of hydrogen-bond acceptors (Lipinski definition) is 18. The number of carbonyl (C=O) groups excluding carboxylic acids is 5. The van der Waals surface area contributed by atoms with Crippen LogP contribution in [-0.2, 0) is 70.3 Å². The van der Waals surface area contributed by atoms with E-state index in [9.17, 15) is 42.3 Å². The summed E-state index contributed by atoms with van der Waals surface area (Å²) in [5.41, 5.74) is 7.98. The van der Waals surface area contributed by atoms with Gasteiger partial charge < -0.3 is 50.9 Å². The molecule has 1 aromatic carbocycles. The molecular weight excluding hydrogens is 993 g/mol. The van der Waals surface area contributed by atoms with Crippen molar-refractivity contribution in [3.05, 3.63) is 69.4 Å². The van der Waals surface area contributed by atoms with Gasteiger partial charge in [0.15, 0.2) is 17.1 Å². The van der Waals surface area contributed by atoms with Crippen molar-refractivity contribution in [1.29, 1.82) is 0 Å². The van der Waals surface area contributed by atoms with Crippen LogP contribution in [0.5, 0.6) is 11.5 Å². The molecule has 3 atom stereocenters. The number of fused-ring (bicyclic) bond motifs is 6. The lowest BCUT2D eigenvalue weighted by Gasteiger charge is -2.31. The number of sulfone groups is 1. The van der Waals surface area contributed by atoms with Gasteiger partial charge in [-0.15, -0.1) is 5.10 Å². The highest BCUT2D eigenvalue weighted by molar-refractivity contribution is 7.90. The van der Waals surface area contributed by atoms with Crippen LogP contribution in [0.3, 0.4) is 0 Å². The molecule has 0 saturated heterocycles. The van der Waals surface area contributed by atoms with Crippen molar-refractivity contribution in [2.45, 2.75) is 128 Å². The zero-order valence-corrected chi connectivity index (χ0v) is 43.1. The second-order valence-electron chi connectivity index (χ2n) is 19.3. The number of aromatic nitrogens is 7. The van der Waals surface area contributed by atoms with Crippen LogP contribution >= 0.6 is 0 Å². The molecule has 0 radical (unpaired) electrons. The molecule has 8 rings (SSSR count). The summed E-state index contributed by atoms with van der Waals surface area (Å²) in [6.07, 6.45) is 9.79. The van der Waals surface area contributed by atoms with Crippen molar-refractivity contribution in [2.24, 2.45) is 11.7 Å². The number of rotatable bonds is 24. The number of benzene rings is 1. The third-order valence-electron chi connectivity index (χ3n) is 13.6. The summed E-state index contributed by atoms with van der Waals surface area (Å²) in [6.45, 7) is 5.94. The molecule has 5 aromatic rings. The van der Waals surface area contributed by atoms with Gasteiger partial charge in [0, 0.05) is 66.3 Å². The van der Waals surface area contributed by atoms with Crippen LogP contribution in [0.2, 0.25) is 0 Å². The van der Waals surface area contributed by atoms with E-state index < -0.39 is 51.2 Å². The number of ether oxygens (including phenoxy) is 3. The lowest BCUT2D eigenvalue weighted by Crippen LogP contribution is -2.56. The molecule has 4 aromatic heterocycles. The van der Waals surface area contributed by atoms with E-state index in [0.29, 0.717) is 97.7 Å². The Labute approximate surface area is 431 Å². The van der Waals surface area contributed by atoms with Crippen molar-refractivity contribution in [3.8, 4) is 34.1 Å². The van der Waals surface area contributed by atoms with Gasteiger partial charge in [-0.2, -0.15) is 0 Å². The highest BCUT2D eigenvalue weighted by atomic mass is 32.2. The molecule has 25 heteroatoms. The van der Waals surface area contributed by atoms with Crippen LogP contribution in [0.1, 0.15) is 101 Å². The number of aryl methyl sites for hydroxylation is 2. The van der Waals surface area contributed by atoms with Crippen LogP contribution in [-0.4, -0.2) is 122 Å². The van der Waals surface area contributed by atoms with Crippen LogP contribution in [0, 0.1) is 5.92 Å². The van der Waals surface area contributed by atoms with Crippen molar-refractivity contribution in [1.82, 2.24) is 55.8 Å². The van der Waals surface area contributed by atoms with E-state index in [1.165, 1.54) is 12.4 Å². The molecule has 3 aliphatic heterocycles. The summed E-state index contributed by atoms with van der Waals surface area (Å²) in [7, 11) is -3.54. The quantitative estimate of drug-likeness (QED) is 0.0284. The van der Waals surface area contributed by atoms with Crippen molar-refractivity contribution >= 4 is 50.3 Å². The monoisotopic (exact) mass is 1050 g/mol. The molecule has 0 bridgehead atoms. The first kappa shape index (κ1) is 53.9. The van der Waals surface area contributed by atoms with Crippen LogP contribution in [0.25, 0.3) is 33.5 Å². The Morgan fingerprint density at radius 1 is 0.907 bits per heavy atom. The van der Waals surface area contributed by atoms with E-state index in [1.807, 2.05) is 6.07 Å². The third-order valence-corrected chi connectivity index (χ3v) is 14.5. The fourth-order valence-corrected chi connectivity index (χ4v) is 9.89. The maximum absolute atomic E-state index is 13.9. The zero-order chi connectivity index (χ0) is 53.6. The fourth-order valence-electron chi connectivity index (χ4n) is 9.40. The Morgan fingerprint density at radius 3 is 2.39 bits per heavy atom. The van der Waals surface area contributed by atoms with Gasteiger partial charge in [-0.05, 0) is 81.5 Å². The Bertz CT molecular complexity index is 3180. The third kappa shape index (κ3) is 11.9. The van der Waals surface area contributed by atoms with Gasteiger partial charge in [-0.1, -0.05) is 32.4 Å². The average Bonchev–Trinajstić information content (AvgIpc) is 4.16. The van der Waals surface area contributed by atoms with Gasteiger partial charge in [-0.3, -0.25) is 28.7 Å². The molecule has 0 spiro atoms. The number of hydrogen-bond donors (Lipinski definition) is 6. The van der Waals surface area contributed by atoms with Crippen molar-refractivity contribution in [3.63, 3.8) is 0 Å². The minimum Gasteiger partial charge on any atom is -0.458 e. The number of unbranched alkanes of at least 4 members (excludes halogenated alkanes) is 3. The topological polar surface area (TPSA) is 333 Å². The largest absolute Gasteiger partial charge is 0.458 e. The molecule has 4 amide bonds. The van der Waals surface area contributed by atoms with Gasteiger partial charge in [-0.25, -0.2) is 28.2 Å². The smallest absolute Gasteiger partial charge is 0.343 e. The summed E-state index contributed by atoms with van der Waals surface area (Å²) in [5, 5.41) is 31.2. The molecule has 0 fully saturated rings. The van der Waals surface area contributed by atoms with E-state index in [0.717, 1.165) is 22.8 Å². The first-order valence-corrected chi connectivity index (χ1v) is 27.0. The number of nitrogens with zero attached hydrogens (tertiary/aromatic N) is 7. The summed E-state index contributed by atoms with van der Waals surface area (Å²) in [4.78, 5) is 92.9. The van der Waals surface area contributed by atoms with Gasteiger partial charge in [0.1, 0.15) is 24.4 Å². The first-order chi connectivity index (χ1) is 35.9. The minimum atomic E-state index is -3.54. The standard InChI is InChI=1S/C50H62N12O12S/c1-5-50(69)34-19-38-44-32(24-62(38)47(67)33(34)26-72-48(50)68)30(31-18-39-40(74-27-73-39)20-36(31)56-44)12-11-16-52-42(64)23-53-45(65)35(13-8-9-15-51)57-46(66)43(28(2)3)58-41(63)14-7-6-10-17-61-25-37(59-60-61)29-21-54-49(55-22-29)75(4,70)71/h18-22,25,28,35,43,69H,5-17,23-24,26-27,51H2,1-4H3,(H,52,64)(H,53,65)(H,57,66)(H,58,63)/t35-,43-,50-/m0/s1. The van der Waals surface area contributed by atoms with Crippen LogP contribution in [0.4, 0.5) is 0 Å². The lowest BCUT2D eigenvalue weighted by atomic mass is 9.86. The van der Waals surface area contributed by atoms with E-state index in [2.05, 4.69) is 41.5 Å². The van der Waals surface area contributed by atoms with Crippen molar-refractivity contribution < 1.29 is 51.7 Å². The van der Waals surface area contributed by atoms with E-state index in [4.69, 9.17) is 24.9 Å². The molecule has 400 valence electrons. The molecule has 7 heterocycles. The average molecular weight is 1060 g/mol. The number of esters is 1. The lowest BCUT2D eigenvalue weighted by molar-refractivity contribution is -0.172. The predicted octanol–water partition coefficient (Wildman–Crippen LogP) is 1.44. The minimum absolute atomic E-state index is 0.00590. The van der Waals surface area contributed by atoms with E-state index >= 15 is 0 Å². The Balaban J connectivity index is 0.826. The number of nitrogens with one attached hydrogen (secondary N) is 4. The Morgan fingerprint density at radius 2 is 1.67 bits per heavy atom. The Kier molecular flexibility index (Phi) is 16.5. The van der Waals surface area contributed by atoms with Gasteiger partial charge in [0.2, 0.25) is 45.4 Å². The molecular formula is C50H62N12O12S. The number of carbonyl (C=O) groups is 5. The fraction of sp³-hybridized carbons (Fsp3) is 0.500. The molecule has 0 unspecified atom stereocenters. The number of pyridine rings is 2. The number of aliphatic hydroxyl groups is 1. The highest BCUT2D eigenvalue weighted by Gasteiger charge is 2.45. The SMILES string of the molecule is CC[C@@]1(O)C(=O)OCc2c1cc1n(c2=O)Cc2c-1nc1cc3c(cc1c2CCCNC(=O)CNC(=O)[C@H](CCCCN)NC(=O)[C@@H](NC(=O)CCCCCn1cc(-c2cnc(S(C)(=O)=O)nc2)nn1)C(C)C)OCO3. The molecule has 24 nitrogen and oxygen atoms in total. The van der Waals surface area contributed by atoms with E-state index in [-0.39, 0.29) is 86.0 Å². The van der Waals surface area contributed by atoms with Gasteiger partial charge in [0.05, 0.1) is 41.8 Å². The first-order valence-electron chi connectivity index (χ1n) is 25.1. The van der Waals surface area contributed by atoms with Crippen LogP contribution < -0.4 is 42.0 Å². The summed E-state index contributed by atoms with van der Waals surface area (Å²) < 4.78 is 43.1. The second-order valence-corrected chi connectivity index (χ2v) is 21.2. The van der Waals surface area contributed by atoms with Crippen LogP contribution in [0.15, 0.2) is 46.7 Å². The van der Waals surface area contributed by atoms with E-state index in [1.54, 1.807) is 48.3 Å². The van der Waals surface area contributed by atoms with Crippen molar-refractivity contribution in [2.75, 3.05) is 32.7 Å². The summed E-state index contributed by atoms with van der Waals surface area (Å²) >= 11 is 0. The Hall–Kier alpha value is -7.38. The molecule has 75 heavy (non-hydrogen) atoms. The summed E-state index contributed by atoms with van der Waals surface area (Å²) in [6, 6.07) is 3.34. The molecule has 7 N–H and O–H groups in total.